The second-order valence-corrected chi connectivity index (χ2v) is 8.24. The van der Waals surface area contributed by atoms with Gasteiger partial charge in [0.15, 0.2) is 5.78 Å². The van der Waals surface area contributed by atoms with E-state index in [0.717, 1.165) is 28.6 Å². The van der Waals surface area contributed by atoms with Gasteiger partial charge in [-0.3, -0.25) is 4.79 Å². The smallest absolute Gasteiger partial charge is 0.173 e. The Balaban J connectivity index is 1.64. The predicted molar refractivity (Wildman–Crippen MR) is 108 cm³/mol. The van der Waals surface area contributed by atoms with Gasteiger partial charge in [-0.15, -0.1) is 0 Å². The Labute approximate surface area is 169 Å². The zero-order chi connectivity index (χ0) is 18.8. The molecule has 1 aliphatic rings. The fourth-order valence-corrected chi connectivity index (χ4v) is 3.99. The molecule has 0 atom stereocenters. The number of Topliss-reactive ketones (excluding diaryl/α,β-unsaturated/α-hetero) is 1. The van der Waals surface area contributed by atoms with Crippen molar-refractivity contribution in [2.45, 2.75) is 23.8 Å². The summed E-state index contributed by atoms with van der Waals surface area (Å²) >= 11 is 4.68. The Morgan fingerprint density at radius 3 is 2.70 bits per heavy atom. The lowest BCUT2D eigenvalue weighted by molar-refractivity contribution is 0.102. The minimum atomic E-state index is 0.00886. The molecule has 3 aromatic rings. The third kappa shape index (κ3) is 4.00. The number of ketones is 1. The largest absolute Gasteiger partial charge is 0.464 e. The monoisotopic (exact) mass is 438 g/mol. The van der Waals surface area contributed by atoms with Gasteiger partial charge in [0, 0.05) is 27.2 Å². The number of pyridine rings is 1. The standard InChI is InChI=1S/C21H15BrN2O2S/c22-15-7-5-14(6-8-15)19(25)12-27-21-17(11-23)16(20-2-1-9-26-20)10-18(24-21)13-3-4-13/h1-2,5-10,13H,3-4,12H2. The lowest BCUT2D eigenvalue weighted by Gasteiger charge is -2.10. The molecule has 0 spiro atoms. The highest BCUT2D eigenvalue weighted by atomic mass is 79.9. The van der Waals surface area contributed by atoms with Crippen LogP contribution < -0.4 is 0 Å². The maximum Gasteiger partial charge on any atom is 0.173 e. The van der Waals surface area contributed by atoms with Gasteiger partial charge in [-0.05, 0) is 43.2 Å². The molecular weight excluding hydrogens is 424 g/mol. The molecule has 0 aliphatic heterocycles. The predicted octanol–water partition coefficient (Wildman–Crippen LogP) is 5.83. The first-order valence-electron chi connectivity index (χ1n) is 8.56. The fraction of sp³-hybridized carbons (Fsp3) is 0.190. The Bertz CT molecular complexity index is 1020. The molecule has 0 unspecified atom stereocenters. The van der Waals surface area contributed by atoms with Gasteiger partial charge in [0.25, 0.3) is 0 Å². The third-order valence-corrected chi connectivity index (χ3v) is 5.91. The van der Waals surface area contributed by atoms with E-state index in [1.54, 1.807) is 24.5 Å². The molecule has 134 valence electrons. The lowest BCUT2D eigenvalue weighted by atomic mass is 10.1. The zero-order valence-electron chi connectivity index (χ0n) is 14.3. The van der Waals surface area contributed by atoms with Gasteiger partial charge in [-0.2, -0.15) is 5.26 Å². The van der Waals surface area contributed by atoms with Crippen LogP contribution in [0.25, 0.3) is 11.3 Å². The number of rotatable bonds is 6. The molecule has 1 aliphatic carbocycles. The summed E-state index contributed by atoms with van der Waals surface area (Å²) in [6.07, 6.45) is 3.81. The van der Waals surface area contributed by atoms with Crippen molar-refractivity contribution in [1.29, 1.82) is 5.26 Å². The highest BCUT2D eigenvalue weighted by molar-refractivity contribution is 9.10. The van der Waals surface area contributed by atoms with Gasteiger partial charge in [0.2, 0.25) is 0 Å². The van der Waals surface area contributed by atoms with Crippen LogP contribution in [0.15, 0.2) is 62.6 Å². The highest BCUT2D eigenvalue weighted by Gasteiger charge is 2.28. The summed E-state index contributed by atoms with van der Waals surface area (Å²) in [7, 11) is 0. The van der Waals surface area contributed by atoms with Gasteiger partial charge in [-0.1, -0.05) is 39.8 Å². The van der Waals surface area contributed by atoms with Gasteiger partial charge in [0.1, 0.15) is 16.9 Å². The van der Waals surface area contributed by atoms with E-state index in [9.17, 15) is 10.1 Å². The van der Waals surface area contributed by atoms with Crippen molar-refractivity contribution in [1.82, 2.24) is 4.98 Å². The summed E-state index contributed by atoms with van der Waals surface area (Å²) in [5.74, 6) is 1.33. The first kappa shape index (κ1) is 18.0. The number of hydrogen-bond donors (Lipinski definition) is 0. The summed E-state index contributed by atoms with van der Waals surface area (Å²) in [6.45, 7) is 0. The van der Waals surface area contributed by atoms with E-state index in [1.165, 1.54) is 11.8 Å². The van der Waals surface area contributed by atoms with E-state index in [4.69, 9.17) is 9.40 Å². The quantitative estimate of drug-likeness (QED) is 0.357. The lowest BCUT2D eigenvalue weighted by Crippen LogP contribution is -2.04. The molecule has 4 nitrogen and oxygen atoms in total. The highest BCUT2D eigenvalue weighted by Crippen LogP contribution is 2.42. The average molecular weight is 439 g/mol. The van der Waals surface area contributed by atoms with E-state index in [0.29, 0.717) is 27.8 Å². The van der Waals surface area contributed by atoms with Crippen molar-refractivity contribution < 1.29 is 9.21 Å². The van der Waals surface area contributed by atoms with E-state index in [1.807, 2.05) is 24.3 Å². The molecule has 1 saturated carbocycles. The first-order valence-corrected chi connectivity index (χ1v) is 10.3. The number of hydrogen-bond acceptors (Lipinski definition) is 5. The molecule has 2 aromatic heterocycles. The second kappa shape index (κ2) is 7.71. The number of benzene rings is 1. The molecular formula is C21H15BrN2O2S. The van der Waals surface area contributed by atoms with Crippen LogP contribution in [0, 0.1) is 11.3 Å². The number of carbonyl (C=O) groups excluding carboxylic acids is 1. The first-order chi connectivity index (χ1) is 13.2. The zero-order valence-corrected chi connectivity index (χ0v) is 16.7. The van der Waals surface area contributed by atoms with Crippen LogP contribution >= 0.6 is 27.7 Å². The molecule has 0 radical (unpaired) electrons. The van der Waals surface area contributed by atoms with Crippen LogP contribution in [-0.4, -0.2) is 16.5 Å². The number of aromatic nitrogens is 1. The molecule has 27 heavy (non-hydrogen) atoms. The number of nitrogens with zero attached hydrogens (tertiary/aromatic N) is 2. The van der Waals surface area contributed by atoms with Gasteiger partial charge >= 0.3 is 0 Å². The van der Waals surface area contributed by atoms with E-state index >= 15 is 0 Å². The Hall–Kier alpha value is -2.36. The van der Waals surface area contributed by atoms with Crippen molar-refractivity contribution in [2.24, 2.45) is 0 Å². The number of furan rings is 1. The minimum Gasteiger partial charge on any atom is -0.464 e. The topological polar surface area (TPSA) is 66.9 Å². The summed E-state index contributed by atoms with van der Waals surface area (Å²) in [5.41, 5.74) is 2.83. The molecule has 0 amide bonds. The molecule has 0 N–H and O–H groups in total. The molecule has 0 saturated heterocycles. The van der Waals surface area contributed by atoms with Crippen molar-refractivity contribution in [3.63, 3.8) is 0 Å². The summed E-state index contributed by atoms with van der Waals surface area (Å²) in [6, 6.07) is 15.1. The molecule has 1 fully saturated rings. The summed E-state index contributed by atoms with van der Waals surface area (Å²) in [5, 5.41) is 10.3. The number of nitriles is 1. The SMILES string of the molecule is N#Cc1c(-c2ccco2)cc(C2CC2)nc1SCC(=O)c1ccc(Br)cc1. The van der Waals surface area contributed by atoms with Gasteiger partial charge < -0.3 is 4.42 Å². The number of carbonyl (C=O) groups is 1. The Morgan fingerprint density at radius 2 is 2.07 bits per heavy atom. The summed E-state index contributed by atoms with van der Waals surface area (Å²) in [4.78, 5) is 17.2. The molecule has 2 heterocycles. The van der Waals surface area contributed by atoms with Crippen molar-refractivity contribution >= 4 is 33.5 Å². The molecule has 4 rings (SSSR count). The minimum absolute atomic E-state index is 0.00886. The van der Waals surface area contributed by atoms with Crippen molar-refractivity contribution in [3.05, 3.63) is 70.0 Å². The van der Waals surface area contributed by atoms with Crippen LogP contribution in [0.3, 0.4) is 0 Å². The summed E-state index contributed by atoms with van der Waals surface area (Å²) < 4.78 is 6.45. The van der Waals surface area contributed by atoms with E-state index in [2.05, 4.69) is 22.0 Å². The normalized spacial score (nSPS) is 13.3. The number of halogens is 1. The van der Waals surface area contributed by atoms with Gasteiger partial charge in [0.05, 0.1) is 17.6 Å². The van der Waals surface area contributed by atoms with Crippen LogP contribution in [0.4, 0.5) is 0 Å². The van der Waals surface area contributed by atoms with Crippen molar-refractivity contribution in [2.75, 3.05) is 5.75 Å². The average Bonchev–Trinajstić information content (AvgIpc) is 3.40. The second-order valence-electron chi connectivity index (χ2n) is 6.36. The molecule has 1 aromatic carbocycles. The maximum absolute atomic E-state index is 12.5. The maximum atomic E-state index is 12.5. The fourth-order valence-electron chi connectivity index (χ4n) is 2.82. The Morgan fingerprint density at radius 1 is 1.30 bits per heavy atom. The number of thioether (sulfide) groups is 1. The van der Waals surface area contributed by atoms with Crippen LogP contribution in [0.2, 0.25) is 0 Å². The van der Waals surface area contributed by atoms with Crippen LogP contribution in [0.5, 0.6) is 0 Å². The Kier molecular flexibility index (Phi) is 5.15. The van der Waals surface area contributed by atoms with Crippen LogP contribution in [-0.2, 0) is 0 Å². The van der Waals surface area contributed by atoms with Gasteiger partial charge in [-0.25, -0.2) is 4.98 Å². The third-order valence-electron chi connectivity index (χ3n) is 4.41. The molecule has 0 bridgehead atoms. The van der Waals surface area contributed by atoms with E-state index < -0.39 is 0 Å². The van der Waals surface area contributed by atoms with Crippen LogP contribution in [0.1, 0.15) is 40.4 Å². The van der Waals surface area contributed by atoms with Crippen molar-refractivity contribution in [3.8, 4) is 17.4 Å². The van der Waals surface area contributed by atoms with E-state index in [-0.39, 0.29) is 11.5 Å². The molecule has 6 heteroatoms.